The summed E-state index contributed by atoms with van der Waals surface area (Å²) in [6, 6.07) is 0. The molecule has 0 aliphatic carbocycles. The fourth-order valence-electron chi connectivity index (χ4n) is 0. The third-order valence-electron chi connectivity index (χ3n) is 0.292. The first-order valence-electron chi connectivity index (χ1n) is 1.29. The maximum atomic E-state index is 10.7. The summed E-state index contributed by atoms with van der Waals surface area (Å²) in [5, 5.41) is 0. The molecule has 9 heavy (non-hydrogen) atoms. The first kappa shape index (κ1) is 12.3. The van der Waals surface area contributed by atoms with Crippen molar-refractivity contribution in [3.8, 4) is 0 Å². The molecule has 8 heteroatoms. The minimum absolute atomic E-state index is 0. The van der Waals surface area contributed by atoms with E-state index < -0.39 is 15.6 Å². The van der Waals surface area contributed by atoms with Gasteiger partial charge in [-0.2, -0.15) is 21.6 Å². The zero-order valence-corrected chi connectivity index (χ0v) is 10.3. The van der Waals surface area contributed by atoms with E-state index >= 15 is 0 Å². The van der Waals surface area contributed by atoms with E-state index in [0.717, 1.165) is 0 Å². The second-order valence-electron chi connectivity index (χ2n) is 0.921. The molecule has 0 aromatic carbocycles. The second-order valence-corrected chi connectivity index (χ2v) is 2.33. The Kier molecular flexibility index (Phi) is 4.25. The Labute approximate surface area is 69.6 Å². The van der Waals surface area contributed by atoms with Crippen LogP contribution in [-0.2, 0) is 10.1 Å². The van der Waals surface area contributed by atoms with Gasteiger partial charge in [-0.05, 0) is 0 Å². The molecule has 0 saturated carbocycles. The maximum absolute atomic E-state index is 10.7. The molecule has 0 aromatic heterocycles. The summed E-state index contributed by atoms with van der Waals surface area (Å²) in [6.07, 6.45) is 0. The van der Waals surface area contributed by atoms with Crippen LogP contribution in [0.25, 0.3) is 0 Å². The average molecular weight is 363 g/mol. The normalized spacial score (nSPS) is 12.4. The topological polar surface area (TPSA) is 54.4 Å². The van der Waals surface area contributed by atoms with E-state index in [4.69, 9.17) is 13.0 Å². The van der Waals surface area contributed by atoms with E-state index in [1.54, 1.807) is 0 Å². The molecule has 0 atom stereocenters. The second kappa shape index (κ2) is 3.12. The summed E-state index contributed by atoms with van der Waals surface area (Å²) in [7, 11) is -5.84. The van der Waals surface area contributed by atoms with Gasteiger partial charge in [0.1, 0.15) is 0 Å². The zero-order valence-electron chi connectivity index (χ0n) is 5.01. The van der Waals surface area contributed by atoms with Crippen molar-refractivity contribution in [2.45, 2.75) is 5.51 Å². The molecule has 60 valence electrons. The van der Waals surface area contributed by atoms with Crippen molar-refractivity contribution in [2.24, 2.45) is 0 Å². The van der Waals surface area contributed by atoms with Crippen LogP contribution in [0.4, 0.5) is 13.2 Å². The van der Waals surface area contributed by atoms with Crippen molar-refractivity contribution in [1.82, 2.24) is 0 Å². The van der Waals surface area contributed by atoms with E-state index in [1.165, 1.54) is 0 Å². The van der Waals surface area contributed by atoms with Crippen LogP contribution in [0, 0.1) is 0 Å². The largest absolute Gasteiger partial charge is 1.00 e. The van der Waals surface area contributed by atoms with Crippen molar-refractivity contribution < 1.29 is 27.6 Å². The fraction of sp³-hybridized carbons (Fsp3) is 1.00. The molecular formula is CH5BiF3O3S-. The van der Waals surface area contributed by atoms with Crippen LogP contribution < -0.4 is 0 Å². The molecule has 0 radical (unpaired) electrons. The molecule has 0 amide bonds. The number of rotatable bonds is 0. The van der Waals surface area contributed by atoms with Crippen molar-refractivity contribution in [3.05, 3.63) is 0 Å². The summed E-state index contributed by atoms with van der Waals surface area (Å²) < 4.78 is 57.5. The van der Waals surface area contributed by atoms with Gasteiger partial charge in [0.15, 0.2) is 0 Å². The van der Waals surface area contributed by atoms with Crippen LogP contribution >= 0.6 is 0 Å². The Morgan fingerprint density at radius 1 is 1.33 bits per heavy atom. The van der Waals surface area contributed by atoms with Gasteiger partial charge in [-0.3, -0.25) is 4.55 Å². The van der Waals surface area contributed by atoms with E-state index in [0.29, 0.717) is 0 Å². The smallest absolute Gasteiger partial charge is 1.00 e. The average Bonchev–Trinajstić information content (AvgIpc) is 1.25. The molecule has 3 nitrogen and oxygen atoms in total. The molecule has 1 N–H and O–H groups in total. The monoisotopic (exact) mass is 363 g/mol. The van der Waals surface area contributed by atoms with Gasteiger partial charge in [0.2, 0.25) is 0 Å². The fourth-order valence-corrected chi connectivity index (χ4v) is 0. The van der Waals surface area contributed by atoms with Crippen LogP contribution in [0.1, 0.15) is 1.43 Å². The van der Waals surface area contributed by atoms with Crippen molar-refractivity contribution in [2.75, 3.05) is 0 Å². The molecule has 0 bridgehead atoms. The standard InChI is InChI=1S/CHF3O3S.Bi.4H/c2-1(3,4)8(5,6)7;;;;;/h(H,5,6,7);;;;;/q;;;;;-1. The number of hydrogen-bond acceptors (Lipinski definition) is 2. The first-order chi connectivity index (χ1) is 3.25. The Bertz CT molecular complexity index is 173. The van der Waals surface area contributed by atoms with Crippen molar-refractivity contribution in [1.29, 1.82) is 0 Å². The van der Waals surface area contributed by atoms with Gasteiger partial charge in [0, 0.05) is 0 Å². The maximum Gasteiger partial charge on any atom is -1.00 e. The van der Waals surface area contributed by atoms with Crippen molar-refractivity contribution in [3.63, 3.8) is 0 Å². The predicted octanol–water partition coefficient (Wildman–Crippen LogP) is -0.677. The van der Waals surface area contributed by atoms with Gasteiger partial charge in [0.25, 0.3) is 0 Å². The minimum Gasteiger partial charge on any atom is -1.00 e. The molecule has 0 fully saturated rings. The van der Waals surface area contributed by atoms with Crippen molar-refractivity contribution >= 4 is 36.3 Å². The van der Waals surface area contributed by atoms with Gasteiger partial charge in [0.05, 0.1) is 0 Å². The van der Waals surface area contributed by atoms with Gasteiger partial charge in [-0.15, -0.1) is 0 Å². The van der Waals surface area contributed by atoms with Gasteiger partial charge in [-0.25, -0.2) is 0 Å². The molecule has 0 aliphatic rings. The summed E-state index contributed by atoms with van der Waals surface area (Å²) >= 11 is 0. The van der Waals surface area contributed by atoms with Crippen LogP contribution in [0.15, 0.2) is 0 Å². The van der Waals surface area contributed by atoms with E-state index in [9.17, 15) is 13.2 Å². The summed E-state index contributed by atoms with van der Waals surface area (Å²) in [5.41, 5.74) is -5.53. The third kappa shape index (κ3) is 4.05. The molecular weight excluding hydrogens is 358 g/mol. The SMILES string of the molecule is O=S(=O)(O)C(F)(F)F.[BiH3].[H-]. The zero-order chi connectivity index (χ0) is 7.00. The molecule has 0 aromatic rings. The quantitative estimate of drug-likeness (QED) is 0.353. The molecule has 0 unspecified atom stereocenters. The predicted molar refractivity (Wildman–Crippen MR) is 28.7 cm³/mol. The minimum atomic E-state index is -5.84. The van der Waals surface area contributed by atoms with Crippen LogP contribution in [0.5, 0.6) is 0 Å². The Morgan fingerprint density at radius 2 is 1.44 bits per heavy atom. The molecule has 0 saturated heterocycles. The van der Waals surface area contributed by atoms with Crippen LogP contribution in [-0.4, -0.2) is 44.7 Å². The van der Waals surface area contributed by atoms with Gasteiger partial charge >= 0.3 is 41.8 Å². The molecule has 0 rings (SSSR count). The summed E-state index contributed by atoms with van der Waals surface area (Å²) in [5.74, 6) is 0. The summed E-state index contributed by atoms with van der Waals surface area (Å²) in [6.45, 7) is 0. The first-order valence-corrected chi connectivity index (χ1v) is 2.73. The van der Waals surface area contributed by atoms with Gasteiger partial charge < -0.3 is 1.43 Å². The Morgan fingerprint density at radius 3 is 1.44 bits per heavy atom. The third-order valence-corrected chi connectivity index (χ3v) is 0.877. The van der Waals surface area contributed by atoms with E-state index in [2.05, 4.69) is 0 Å². The molecule has 0 heterocycles. The molecule has 0 aliphatic heterocycles. The molecule has 0 spiro atoms. The van der Waals surface area contributed by atoms with Crippen LogP contribution in [0.2, 0.25) is 0 Å². The van der Waals surface area contributed by atoms with Crippen LogP contribution in [0.3, 0.4) is 0 Å². The van der Waals surface area contributed by atoms with E-state index in [-0.39, 0.29) is 27.6 Å². The number of alkyl halides is 3. The Hall–Kier alpha value is 0.583. The van der Waals surface area contributed by atoms with Gasteiger partial charge in [-0.1, -0.05) is 0 Å². The summed E-state index contributed by atoms with van der Waals surface area (Å²) in [4.78, 5) is 0. The number of hydrogen-bond donors (Lipinski definition) is 1. The Balaban J connectivity index is -0.000000245. The number of halogens is 3. The van der Waals surface area contributed by atoms with E-state index in [1.807, 2.05) is 0 Å².